The van der Waals surface area contributed by atoms with Gasteiger partial charge in [0, 0.05) is 13.3 Å². The molecule has 0 saturated heterocycles. The third-order valence-corrected chi connectivity index (χ3v) is 0.843. The number of nitrogens with zero attached hydrogens (tertiary/aromatic N) is 1. The van der Waals surface area contributed by atoms with E-state index in [1.165, 1.54) is 0 Å². The lowest BCUT2D eigenvalue weighted by Crippen LogP contribution is -1.73. The second kappa shape index (κ2) is 4.33. The molecule has 9 heavy (non-hydrogen) atoms. The molecule has 0 aromatic carbocycles. The normalized spacial score (nSPS) is 12.6. The van der Waals surface area contributed by atoms with Crippen molar-refractivity contribution in [2.24, 2.45) is 4.99 Å². The SMILES string of the molecule is C=C(C)/C=C(Cl)\C=N/C. The van der Waals surface area contributed by atoms with Crippen LogP contribution in [-0.4, -0.2) is 13.3 Å². The van der Waals surface area contributed by atoms with E-state index in [1.807, 2.05) is 6.92 Å². The monoisotopic (exact) mass is 143 g/mol. The number of halogens is 1. The summed E-state index contributed by atoms with van der Waals surface area (Å²) in [6.45, 7) is 5.54. The summed E-state index contributed by atoms with van der Waals surface area (Å²) in [6, 6.07) is 0. The van der Waals surface area contributed by atoms with E-state index in [0.29, 0.717) is 5.03 Å². The van der Waals surface area contributed by atoms with Crippen LogP contribution in [0.1, 0.15) is 6.92 Å². The van der Waals surface area contributed by atoms with E-state index in [-0.39, 0.29) is 0 Å². The van der Waals surface area contributed by atoms with Gasteiger partial charge in [0.05, 0.1) is 5.03 Å². The summed E-state index contributed by atoms with van der Waals surface area (Å²) in [7, 11) is 1.68. The van der Waals surface area contributed by atoms with Crippen LogP contribution >= 0.6 is 11.6 Å². The minimum absolute atomic E-state index is 0.616. The first-order chi connectivity index (χ1) is 4.16. The third-order valence-electron chi connectivity index (χ3n) is 0.637. The van der Waals surface area contributed by atoms with Crippen molar-refractivity contribution in [3.8, 4) is 0 Å². The smallest absolute Gasteiger partial charge is 0.0586 e. The Morgan fingerprint density at radius 2 is 2.22 bits per heavy atom. The average Bonchev–Trinajstić information content (AvgIpc) is 1.63. The molecule has 0 saturated carbocycles. The quantitative estimate of drug-likeness (QED) is 0.416. The average molecular weight is 144 g/mol. The summed E-state index contributed by atoms with van der Waals surface area (Å²) in [5.74, 6) is 0. The zero-order chi connectivity index (χ0) is 7.28. The van der Waals surface area contributed by atoms with Crippen molar-refractivity contribution in [2.75, 3.05) is 7.05 Å². The fourth-order valence-electron chi connectivity index (χ4n) is 0.396. The van der Waals surface area contributed by atoms with Crippen molar-refractivity contribution in [1.82, 2.24) is 0 Å². The van der Waals surface area contributed by atoms with Crippen LogP contribution in [0.25, 0.3) is 0 Å². The van der Waals surface area contributed by atoms with Gasteiger partial charge in [0.1, 0.15) is 0 Å². The lowest BCUT2D eigenvalue weighted by molar-refractivity contribution is 1.47. The minimum atomic E-state index is 0.616. The Labute approximate surface area is 60.7 Å². The van der Waals surface area contributed by atoms with E-state index in [0.717, 1.165) is 5.57 Å². The third kappa shape index (κ3) is 5.31. The molecule has 0 heterocycles. The van der Waals surface area contributed by atoms with Crippen LogP contribution in [0.5, 0.6) is 0 Å². The van der Waals surface area contributed by atoms with E-state index in [2.05, 4.69) is 11.6 Å². The van der Waals surface area contributed by atoms with Gasteiger partial charge < -0.3 is 0 Å². The van der Waals surface area contributed by atoms with Gasteiger partial charge in [0.15, 0.2) is 0 Å². The van der Waals surface area contributed by atoms with Crippen molar-refractivity contribution >= 4 is 17.8 Å². The highest BCUT2D eigenvalue weighted by Gasteiger charge is 1.82. The number of aliphatic imine (C=N–C) groups is 1. The van der Waals surface area contributed by atoms with Gasteiger partial charge in [-0.05, 0) is 13.0 Å². The molecule has 0 N–H and O–H groups in total. The molecule has 0 rings (SSSR count). The van der Waals surface area contributed by atoms with E-state index < -0.39 is 0 Å². The van der Waals surface area contributed by atoms with Crippen molar-refractivity contribution in [1.29, 1.82) is 0 Å². The first-order valence-electron chi connectivity index (χ1n) is 2.61. The Hall–Kier alpha value is -0.560. The van der Waals surface area contributed by atoms with Crippen LogP contribution in [0.4, 0.5) is 0 Å². The van der Waals surface area contributed by atoms with E-state index >= 15 is 0 Å². The standard InChI is InChI=1S/C7H10ClN/c1-6(2)4-7(8)5-9-3/h4-5H,1H2,2-3H3/b7-4+,9-5-. The fourth-order valence-corrected chi connectivity index (χ4v) is 0.680. The maximum Gasteiger partial charge on any atom is 0.0586 e. The Morgan fingerprint density at radius 1 is 1.67 bits per heavy atom. The van der Waals surface area contributed by atoms with E-state index in [1.54, 1.807) is 19.3 Å². The molecule has 50 valence electrons. The summed E-state index contributed by atoms with van der Waals surface area (Å²) in [5, 5.41) is 0.616. The van der Waals surface area contributed by atoms with Gasteiger partial charge >= 0.3 is 0 Å². The molecule has 0 spiro atoms. The molecular weight excluding hydrogens is 134 g/mol. The second-order valence-corrected chi connectivity index (χ2v) is 2.20. The molecular formula is C7H10ClN. The molecule has 0 aliphatic rings. The molecule has 0 aromatic rings. The van der Waals surface area contributed by atoms with Crippen LogP contribution in [0.3, 0.4) is 0 Å². The zero-order valence-corrected chi connectivity index (χ0v) is 6.44. The van der Waals surface area contributed by atoms with Gasteiger partial charge in [-0.15, -0.1) is 0 Å². The Morgan fingerprint density at radius 3 is 2.56 bits per heavy atom. The van der Waals surface area contributed by atoms with Crippen molar-refractivity contribution < 1.29 is 0 Å². The lowest BCUT2D eigenvalue weighted by atomic mass is 10.3. The Bertz CT molecular complexity index is 156. The summed E-state index contributed by atoms with van der Waals surface area (Å²) in [4.78, 5) is 3.72. The molecule has 0 aromatic heterocycles. The lowest BCUT2D eigenvalue weighted by Gasteiger charge is -1.85. The molecule has 1 nitrogen and oxygen atoms in total. The zero-order valence-electron chi connectivity index (χ0n) is 5.69. The number of allylic oxidation sites excluding steroid dienone is 3. The van der Waals surface area contributed by atoms with Gasteiger partial charge in [-0.3, -0.25) is 4.99 Å². The topological polar surface area (TPSA) is 12.4 Å². The molecule has 0 aliphatic heterocycles. The van der Waals surface area contributed by atoms with Gasteiger partial charge in [-0.25, -0.2) is 0 Å². The van der Waals surface area contributed by atoms with Gasteiger partial charge in [0.25, 0.3) is 0 Å². The number of rotatable bonds is 2. The molecule has 0 atom stereocenters. The maximum absolute atomic E-state index is 5.63. The van der Waals surface area contributed by atoms with Crippen LogP contribution in [0.2, 0.25) is 0 Å². The second-order valence-electron chi connectivity index (χ2n) is 1.76. The number of hydrogen-bond acceptors (Lipinski definition) is 1. The molecule has 0 unspecified atom stereocenters. The highest BCUT2D eigenvalue weighted by atomic mass is 35.5. The molecule has 0 bridgehead atoms. The van der Waals surface area contributed by atoms with Crippen LogP contribution in [-0.2, 0) is 0 Å². The molecule has 0 fully saturated rings. The van der Waals surface area contributed by atoms with Crippen LogP contribution in [0.15, 0.2) is 28.3 Å². The molecule has 2 heteroatoms. The molecule has 0 radical (unpaired) electrons. The first-order valence-corrected chi connectivity index (χ1v) is 2.99. The van der Waals surface area contributed by atoms with Crippen LogP contribution in [0, 0.1) is 0 Å². The number of hydrogen-bond donors (Lipinski definition) is 0. The molecule has 0 amide bonds. The van der Waals surface area contributed by atoms with Crippen molar-refractivity contribution in [3.05, 3.63) is 23.3 Å². The summed E-state index contributed by atoms with van der Waals surface area (Å²) in [5.41, 5.74) is 0.930. The predicted octanol–water partition coefficient (Wildman–Crippen LogP) is 2.39. The highest BCUT2D eigenvalue weighted by Crippen LogP contribution is 2.01. The Balaban J connectivity index is 4.00. The summed E-state index contributed by atoms with van der Waals surface area (Å²) < 4.78 is 0. The van der Waals surface area contributed by atoms with E-state index in [4.69, 9.17) is 11.6 Å². The summed E-state index contributed by atoms with van der Waals surface area (Å²) in [6.07, 6.45) is 3.34. The fraction of sp³-hybridized carbons (Fsp3) is 0.286. The maximum atomic E-state index is 5.63. The summed E-state index contributed by atoms with van der Waals surface area (Å²) >= 11 is 5.63. The minimum Gasteiger partial charge on any atom is -0.295 e. The van der Waals surface area contributed by atoms with Gasteiger partial charge in [0.2, 0.25) is 0 Å². The van der Waals surface area contributed by atoms with E-state index in [9.17, 15) is 0 Å². The van der Waals surface area contributed by atoms with Crippen LogP contribution < -0.4 is 0 Å². The predicted molar refractivity (Wildman–Crippen MR) is 43.2 cm³/mol. The van der Waals surface area contributed by atoms with Crippen molar-refractivity contribution in [2.45, 2.75) is 6.92 Å². The first kappa shape index (κ1) is 8.44. The van der Waals surface area contributed by atoms with Gasteiger partial charge in [-0.2, -0.15) is 0 Å². The highest BCUT2D eigenvalue weighted by molar-refractivity contribution is 6.39. The largest absolute Gasteiger partial charge is 0.295 e. The van der Waals surface area contributed by atoms with Crippen molar-refractivity contribution in [3.63, 3.8) is 0 Å². The van der Waals surface area contributed by atoms with Gasteiger partial charge in [-0.1, -0.05) is 23.8 Å². The molecule has 0 aliphatic carbocycles. The Kier molecular flexibility index (Phi) is 4.06.